The van der Waals surface area contributed by atoms with E-state index >= 15 is 0 Å². The van der Waals surface area contributed by atoms with Gasteiger partial charge in [0.25, 0.3) is 0 Å². The van der Waals surface area contributed by atoms with Gasteiger partial charge in [-0.1, -0.05) is 6.07 Å². The lowest BCUT2D eigenvalue weighted by atomic mass is 10.1. The molecule has 0 aliphatic carbocycles. The highest BCUT2D eigenvalue weighted by atomic mass is 32.2. The molecule has 0 saturated carbocycles. The summed E-state index contributed by atoms with van der Waals surface area (Å²) in [6, 6.07) is 3.33. The van der Waals surface area contributed by atoms with E-state index in [4.69, 9.17) is 4.74 Å². The Balaban J connectivity index is 3.30. The minimum absolute atomic E-state index is 0.294. The molecule has 1 aromatic carbocycles. The molecular formula is C9H11O3S-. The molecule has 0 radical (unpaired) electrons. The van der Waals surface area contributed by atoms with Crippen molar-refractivity contribution in [2.75, 3.05) is 7.11 Å². The fourth-order valence-corrected chi connectivity index (χ4v) is 1.74. The summed E-state index contributed by atoms with van der Waals surface area (Å²) < 4.78 is 26.5. The summed E-state index contributed by atoms with van der Waals surface area (Å²) >= 11 is -2.19. The van der Waals surface area contributed by atoms with Crippen LogP contribution in [0.1, 0.15) is 11.1 Å². The number of ether oxygens (including phenoxy) is 1. The third-order valence-electron chi connectivity index (χ3n) is 1.87. The molecule has 0 spiro atoms. The molecule has 0 aliphatic heterocycles. The van der Waals surface area contributed by atoms with Gasteiger partial charge in [-0.05, 0) is 42.1 Å². The fourth-order valence-electron chi connectivity index (χ4n) is 1.21. The van der Waals surface area contributed by atoms with E-state index < -0.39 is 11.1 Å². The molecule has 72 valence electrons. The van der Waals surface area contributed by atoms with E-state index in [1.54, 1.807) is 13.0 Å². The van der Waals surface area contributed by atoms with Gasteiger partial charge in [-0.25, -0.2) is 0 Å². The zero-order valence-electron chi connectivity index (χ0n) is 7.79. The number of hydrogen-bond acceptors (Lipinski definition) is 3. The lowest BCUT2D eigenvalue weighted by molar-refractivity contribution is 0.410. The number of benzene rings is 1. The molecule has 4 heteroatoms. The van der Waals surface area contributed by atoms with Crippen LogP contribution in [0.15, 0.2) is 17.0 Å². The van der Waals surface area contributed by atoms with Crippen molar-refractivity contribution in [2.45, 2.75) is 18.7 Å². The fraction of sp³-hybridized carbons (Fsp3) is 0.333. The molecule has 1 rings (SSSR count). The molecule has 0 aliphatic rings. The van der Waals surface area contributed by atoms with Gasteiger partial charge in [0.05, 0.1) is 7.11 Å². The van der Waals surface area contributed by atoms with Gasteiger partial charge in [0, 0.05) is 4.90 Å². The van der Waals surface area contributed by atoms with Crippen LogP contribution < -0.4 is 4.74 Å². The SMILES string of the molecule is COc1cc(S(=O)[O-])c(C)cc1C. The van der Waals surface area contributed by atoms with Crippen LogP contribution in [0.2, 0.25) is 0 Å². The van der Waals surface area contributed by atoms with Gasteiger partial charge < -0.3 is 9.29 Å². The van der Waals surface area contributed by atoms with Crippen molar-refractivity contribution in [3.8, 4) is 5.75 Å². The molecule has 13 heavy (non-hydrogen) atoms. The summed E-state index contributed by atoms with van der Waals surface area (Å²) in [7, 11) is 1.52. The monoisotopic (exact) mass is 199 g/mol. The minimum Gasteiger partial charge on any atom is -0.768 e. The highest BCUT2D eigenvalue weighted by Crippen LogP contribution is 2.23. The number of aryl methyl sites for hydroxylation is 2. The molecule has 0 aromatic heterocycles. The molecule has 0 bridgehead atoms. The normalized spacial score (nSPS) is 12.6. The first-order chi connectivity index (χ1) is 6.06. The van der Waals surface area contributed by atoms with E-state index in [0.717, 1.165) is 11.1 Å². The van der Waals surface area contributed by atoms with Crippen LogP contribution in [-0.2, 0) is 11.1 Å². The lowest BCUT2D eigenvalue weighted by Gasteiger charge is -2.12. The maximum atomic E-state index is 10.7. The maximum Gasteiger partial charge on any atom is 0.122 e. The Morgan fingerprint density at radius 1 is 1.31 bits per heavy atom. The highest BCUT2D eigenvalue weighted by molar-refractivity contribution is 7.79. The van der Waals surface area contributed by atoms with Crippen LogP contribution in [0, 0.1) is 13.8 Å². The lowest BCUT2D eigenvalue weighted by Crippen LogP contribution is -1.96. The highest BCUT2D eigenvalue weighted by Gasteiger charge is 2.04. The van der Waals surface area contributed by atoms with Crippen LogP contribution in [0.5, 0.6) is 5.75 Å². The third kappa shape index (κ3) is 2.08. The second-order valence-electron chi connectivity index (χ2n) is 2.82. The largest absolute Gasteiger partial charge is 0.768 e. The van der Waals surface area contributed by atoms with E-state index in [2.05, 4.69) is 0 Å². The quantitative estimate of drug-likeness (QED) is 0.679. The van der Waals surface area contributed by atoms with Crippen molar-refractivity contribution in [3.05, 3.63) is 23.3 Å². The smallest absolute Gasteiger partial charge is 0.122 e. The minimum atomic E-state index is -2.19. The van der Waals surface area contributed by atoms with E-state index in [1.165, 1.54) is 13.2 Å². The number of hydrogen-bond donors (Lipinski definition) is 0. The Bertz CT molecular complexity index is 347. The Morgan fingerprint density at radius 3 is 2.38 bits per heavy atom. The summed E-state index contributed by atoms with van der Waals surface area (Å²) in [6.07, 6.45) is 0. The summed E-state index contributed by atoms with van der Waals surface area (Å²) in [4.78, 5) is 0.294. The average Bonchev–Trinajstić information content (AvgIpc) is 2.03. The van der Waals surface area contributed by atoms with Crippen LogP contribution in [0.4, 0.5) is 0 Å². The molecule has 0 N–H and O–H groups in total. The summed E-state index contributed by atoms with van der Waals surface area (Å²) in [5, 5.41) is 0. The Kier molecular flexibility index (Phi) is 3.06. The topological polar surface area (TPSA) is 49.4 Å². The number of methoxy groups -OCH3 is 1. The average molecular weight is 199 g/mol. The van der Waals surface area contributed by atoms with Crippen molar-refractivity contribution >= 4 is 11.1 Å². The van der Waals surface area contributed by atoms with Gasteiger partial charge in [-0.2, -0.15) is 0 Å². The van der Waals surface area contributed by atoms with Gasteiger partial charge in [-0.15, -0.1) is 0 Å². The predicted molar refractivity (Wildman–Crippen MR) is 49.7 cm³/mol. The molecular weight excluding hydrogens is 188 g/mol. The maximum absolute atomic E-state index is 10.7. The molecule has 0 heterocycles. The first kappa shape index (κ1) is 10.2. The van der Waals surface area contributed by atoms with E-state index in [0.29, 0.717) is 10.6 Å². The molecule has 3 nitrogen and oxygen atoms in total. The van der Waals surface area contributed by atoms with Crippen LogP contribution >= 0.6 is 0 Å². The van der Waals surface area contributed by atoms with Gasteiger partial charge in [-0.3, -0.25) is 4.21 Å². The van der Waals surface area contributed by atoms with Crippen LogP contribution in [0.25, 0.3) is 0 Å². The standard InChI is InChI=1S/C9H12O3S/c1-6-4-7(2)9(13(10)11)5-8(6)12-3/h4-5H,1-3H3,(H,10,11)/p-1. The van der Waals surface area contributed by atoms with Gasteiger partial charge in [0.15, 0.2) is 0 Å². The van der Waals surface area contributed by atoms with E-state index in [-0.39, 0.29) is 0 Å². The molecule has 0 amide bonds. The predicted octanol–water partition coefficient (Wildman–Crippen LogP) is 1.55. The van der Waals surface area contributed by atoms with Crippen LogP contribution in [0.3, 0.4) is 0 Å². The van der Waals surface area contributed by atoms with Crippen molar-refractivity contribution < 1.29 is 13.5 Å². The molecule has 1 aromatic rings. The third-order valence-corrected chi connectivity index (χ3v) is 2.67. The van der Waals surface area contributed by atoms with Crippen molar-refractivity contribution in [2.24, 2.45) is 0 Å². The van der Waals surface area contributed by atoms with E-state index in [1.807, 2.05) is 6.92 Å². The number of rotatable bonds is 2. The van der Waals surface area contributed by atoms with Crippen molar-refractivity contribution in [3.63, 3.8) is 0 Å². The van der Waals surface area contributed by atoms with Gasteiger partial charge in [0.2, 0.25) is 0 Å². The summed E-state index contributed by atoms with van der Waals surface area (Å²) in [5.41, 5.74) is 1.68. The van der Waals surface area contributed by atoms with E-state index in [9.17, 15) is 8.76 Å². The van der Waals surface area contributed by atoms with Gasteiger partial charge in [0.1, 0.15) is 5.75 Å². The first-order valence-electron chi connectivity index (χ1n) is 3.80. The molecule has 0 fully saturated rings. The Hall–Kier alpha value is -0.870. The second kappa shape index (κ2) is 3.89. The Labute approximate surface area is 80.0 Å². The summed E-state index contributed by atoms with van der Waals surface area (Å²) in [6.45, 7) is 3.64. The molecule has 0 saturated heterocycles. The second-order valence-corrected chi connectivity index (χ2v) is 3.73. The molecule has 1 atom stereocenters. The zero-order valence-corrected chi connectivity index (χ0v) is 8.60. The molecule has 1 unspecified atom stereocenters. The van der Waals surface area contributed by atoms with Crippen molar-refractivity contribution in [1.82, 2.24) is 0 Å². The Morgan fingerprint density at radius 2 is 1.92 bits per heavy atom. The zero-order chi connectivity index (χ0) is 10.0. The van der Waals surface area contributed by atoms with Crippen LogP contribution in [-0.4, -0.2) is 15.9 Å². The van der Waals surface area contributed by atoms with Gasteiger partial charge >= 0.3 is 0 Å². The first-order valence-corrected chi connectivity index (χ1v) is 4.88. The summed E-state index contributed by atoms with van der Waals surface area (Å²) in [5.74, 6) is 0.602. The van der Waals surface area contributed by atoms with Crippen molar-refractivity contribution in [1.29, 1.82) is 0 Å².